The van der Waals surface area contributed by atoms with Crippen LogP contribution in [-0.4, -0.2) is 12.2 Å². The lowest BCUT2D eigenvalue weighted by Gasteiger charge is -2.05. The highest BCUT2D eigenvalue weighted by Crippen LogP contribution is 2.22. The highest BCUT2D eigenvalue weighted by Gasteiger charge is 1.98. The summed E-state index contributed by atoms with van der Waals surface area (Å²) in [6.45, 7) is 0. The minimum Gasteiger partial charge on any atom is -0.550 e. The fraction of sp³-hybridized carbons (Fsp3) is 0.154. The number of benzene rings is 2. The molecule has 0 bridgehead atoms. The lowest BCUT2D eigenvalue weighted by Crippen LogP contribution is -2.24. The van der Waals surface area contributed by atoms with Crippen LogP contribution in [-0.2, 0) is 11.2 Å². The molecule has 0 aliphatic carbocycles. The number of thioether (sulfide) groups is 1. The number of carbonyl (C=O) groups is 1. The number of hydrogen-bond acceptors (Lipinski definition) is 3. The summed E-state index contributed by atoms with van der Waals surface area (Å²) >= 11 is 1.69. The van der Waals surface area contributed by atoms with E-state index in [1.165, 1.54) is 4.90 Å². The van der Waals surface area contributed by atoms with Gasteiger partial charge in [0.15, 0.2) is 0 Å². The molecule has 2 rings (SSSR count). The average Bonchev–Trinajstić information content (AvgIpc) is 2.27. The summed E-state index contributed by atoms with van der Waals surface area (Å²) in [4.78, 5) is 11.7. The van der Waals surface area contributed by atoms with E-state index in [9.17, 15) is 9.90 Å². The zero-order valence-corrected chi connectivity index (χ0v) is 9.71. The van der Waals surface area contributed by atoms with Crippen LogP contribution in [0.2, 0.25) is 0 Å². The van der Waals surface area contributed by atoms with E-state index in [4.69, 9.17) is 0 Å². The van der Waals surface area contributed by atoms with Gasteiger partial charge in [0.2, 0.25) is 0 Å². The van der Waals surface area contributed by atoms with Crippen molar-refractivity contribution < 1.29 is 9.90 Å². The SMILES string of the molecule is CSc1ccc2cc(CC(=O)[O-])ccc2c1. The second-order valence-corrected chi connectivity index (χ2v) is 4.48. The van der Waals surface area contributed by atoms with Crippen LogP contribution in [0.3, 0.4) is 0 Å². The molecule has 0 saturated heterocycles. The van der Waals surface area contributed by atoms with Gasteiger partial charge < -0.3 is 9.90 Å². The molecule has 0 heterocycles. The first-order chi connectivity index (χ1) is 7.69. The van der Waals surface area contributed by atoms with Crippen LogP contribution in [0.25, 0.3) is 10.8 Å². The number of fused-ring (bicyclic) bond motifs is 1. The monoisotopic (exact) mass is 231 g/mol. The summed E-state index contributed by atoms with van der Waals surface area (Å²) in [6.07, 6.45) is 2.01. The number of hydrogen-bond donors (Lipinski definition) is 0. The van der Waals surface area contributed by atoms with Crippen molar-refractivity contribution in [2.75, 3.05) is 6.26 Å². The van der Waals surface area contributed by atoms with Gasteiger partial charge in [-0.3, -0.25) is 0 Å². The van der Waals surface area contributed by atoms with Gasteiger partial charge in [0, 0.05) is 17.3 Å². The molecule has 16 heavy (non-hydrogen) atoms. The van der Waals surface area contributed by atoms with Crippen molar-refractivity contribution in [3.05, 3.63) is 42.0 Å². The fourth-order valence-corrected chi connectivity index (χ4v) is 2.13. The first-order valence-electron chi connectivity index (χ1n) is 4.95. The molecular formula is C13H11O2S-. The van der Waals surface area contributed by atoms with E-state index >= 15 is 0 Å². The minimum atomic E-state index is -1.04. The lowest BCUT2D eigenvalue weighted by molar-refractivity contribution is -0.304. The Morgan fingerprint density at radius 3 is 2.56 bits per heavy atom. The molecule has 0 spiro atoms. The van der Waals surface area contributed by atoms with Crippen molar-refractivity contribution in [3.8, 4) is 0 Å². The quantitative estimate of drug-likeness (QED) is 0.757. The molecule has 0 aliphatic rings. The molecule has 0 N–H and O–H groups in total. The summed E-state index contributed by atoms with van der Waals surface area (Å²) in [5, 5.41) is 12.7. The number of aliphatic carboxylic acids is 1. The van der Waals surface area contributed by atoms with E-state index < -0.39 is 5.97 Å². The molecule has 0 saturated carbocycles. The molecular weight excluding hydrogens is 220 g/mol. The molecule has 2 aromatic carbocycles. The molecule has 0 radical (unpaired) electrons. The summed E-state index contributed by atoms with van der Waals surface area (Å²) in [5.74, 6) is -1.04. The van der Waals surface area contributed by atoms with Crippen molar-refractivity contribution in [2.45, 2.75) is 11.3 Å². The van der Waals surface area contributed by atoms with E-state index in [0.717, 1.165) is 16.3 Å². The second kappa shape index (κ2) is 4.58. The van der Waals surface area contributed by atoms with Gasteiger partial charge in [0.25, 0.3) is 0 Å². The third kappa shape index (κ3) is 2.36. The lowest BCUT2D eigenvalue weighted by atomic mass is 10.1. The minimum absolute atomic E-state index is 0.0276. The Balaban J connectivity index is 2.43. The zero-order chi connectivity index (χ0) is 11.5. The van der Waals surface area contributed by atoms with Crippen LogP contribution >= 0.6 is 11.8 Å². The Morgan fingerprint density at radius 2 is 1.88 bits per heavy atom. The van der Waals surface area contributed by atoms with E-state index in [1.807, 2.05) is 36.6 Å². The maximum atomic E-state index is 10.5. The summed E-state index contributed by atoms with van der Waals surface area (Å²) < 4.78 is 0. The van der Waals surface area contributed by atoms with Crippen molar-refractivity contribution in [1.82, 2.24) is 0 Å². The van der Waals surface area contributed by atoms with Crippen molar-refractivity contribution >= 4 is 28.5 Å². The molecule has 82 valence electrons. The van der Waals surface area contributed by atoms with Crippen LogP contribution in [0.1, 0.15) is 5.56 Å². The Labute approximate surface area is 98.3 Å². The predicted molar refractivity (Wildman–Crippen MR) is 64.4 cm³/mol. The molecule has 0 unspecified atom stereocenters. The third-order valence-electron chi connectivity index (χ3n) is 2.46. The summed E-state index contributed by atoms with van der Waals surface area (Å²) in [6, 6.07) is 11.8. The average molecular weight is 231 g/mol. The van der Waals surface area contributed by atoms with Crippen LogP contribution in [0.15, 0.2) is 41.3 Å². The van der Waals surface area contributed by atoms with Crippen molar-refractivity contribution in [3.63, 3.8) is 0 Å². The number of carboxylic acids is 1. The smallest absolute Gasteiger partial charge is 0.0458 e. The number of carboxylic acid groups (broad SMARTS) is 1. The molecule has 0 aromatic heterocycles. The van der Waals surface area contributed by atoms with Gasteiger partial charge in [0.1, 0.15) is 0 Å². The van der Waals surface area contributed by atoms with Gasteiger partial charge in [-0.05, 0) is 34.7 Å². The van der Waals surface area contributed by atoms with Crippen LogP contribution in [0, 0.1) is 0 Å². The van der Waals surface area contributed by atoms with Crippen LogP contribution < -0.4 is 5.11 Å². The maximum absolute atomic E-state index is 10.5. The predicted octanol–water partition coefficient (Wildman–Crippen LogP) is 1.85. The Kier molecular flexibility index (Phi) is 3.15. The topological polar surface area (TPSA) is 40.1 Å². The number of carbonyl (C=O) groups excluding carboxylic acids is 1. The van der Waals surface area contributed by atoms with Gasteiger partial charge in [0.05, 0.1) is 0 Å². The zero-order valence-electron chi connectivity index (χ0n) is 8.90. The number of rotatable bonds is 3. The maximum Gasteiger partial charge on any atom is 0.0458 e. The molecule has 2 nitrogen and oxygen atoms in total. The third-order valence-corrected chi connectivity index (χ3v) is 3.19. The molecule has 0 amide bonds. The molecule has 0 atom stereocenters. The Bertz CT molecular complexity index is 534. The van der Waals surface area contributed by atoms with Gasteiger partial charge in [-0.2, -0.15) is 0 Å². The Hall–Kier alpha value is -1.48. The van der Waals surface area contributed by atoms with Gasteiger partial charge in [-0.15, -0.1) is 11.8 Å². The standard InChI is InChI=1S/C13H12O2S/c1-16-12-5-4-10-6-9(7-13(14)15)2-3-11(10)8-12/h2-6,8H,7H2,1H3,(H,14,15)/p-1. The highest BCUT2D eigenvalue weighted by atomic mass is 32.2. The molecule has 0 fully saturated rings. The first kappa shape index (κ1) is 11.0. The molecule has 3 heteroatoms. The first-order valence-corrected chi connectivity index (χ1v) is 6.18. The van der Waals surface area contributed by atoms with Gasteiger partial charge in [-0.25, -0.2) is 0 Å². The normalized spacial score (nSPS) is 10.6. The highest BCUT2D eigenvalue weighted by molar-refractivity contribution is 7.98. The van der Waals surface area contributed by atoms with Crippen molar-refractivity contribution in [1.29, 1.82) is 0 Å². The van der Waals surface area contributed by atoms with E-state index in [-0.39, 0.29) is 6.42 Å². The molecule has 2 aromatic rings. The van der Waals surface area contributed by atoms with E-state index in [1.54, 1.807) is 11.8 Å². The van der Waals surface area contributed by atoms with Crippen molar-refractivity contribution in [2.24, 2.45) is 0 Å². The summed E-state index contributed by atoms with van der Waals surface area (Å²) in [5.41, 5.74) is 0.782. The summed E-state index contributed by atoms with van der Waals surface area (Å²) in [7, 11) is 0. The molecule has 0 aliphatic heterocycles. The van der Waals surface area contributed by atoms with Crippen LogP contribution in [0.5, 0.6) is 0 Å². The van der Waals surface area contributed by atoms with E-state index in [0.29, 0.717) is 0 Å². The second-order valence-electron chi connectivity index (χ2n) is 3.60. The fourth-order valence-electron chi connectivity index (χ4n) is 1.68. The Morgan fingerprint density at radius 1 is 1.19 bits per heavy atom. The van der Waals surface area contributed by atoms with Crippen LogP contribution in [0.4, 0.5) is 0 Å². The van der Waals surface area contributed by atoms with E-state index in [2.05, 4.69) is 6.07 Å². The van der Waals surface area contributed by atoms with Gasteiger partial charge >= 0.3 is 0 Å². The largest absolute Gasteiger partial charge is 0.550 e. The van der Waals surface area contributed by atoms with Gasteiger partial charge in [-0.1, -0.05) is 24.3 Å².